The fourth-order valence-corrected chi connectivity index (χ4v) is 3.24. The molecule has 0 aromatic heterocycles. The molecule has 2 rings (SSSR count). The van der Waals surface area contributed by atoms with E-state index >= 15 is 0 Å². The summed E-state index contributed by atoms with van der Waals surface area (Å²) in [6.45, 7) is 0. The Morgan fingerprint density at radius 2 is 1.48 bits per heavy atom. The van der Waals surface area contributed by atoms with Gasteiger partial charge in [0.2, 0.25) is 0 Å². The molecule has 0 aliphatic rings. The lowest BCUT2D eigenvalue weighted by molar-refractivity contribution is 0.0599. The molecule has 0 fully saturated rings. The third-order valence-electron chi connectivity index (χ3n) is 3.46. The minimum atomic E-state index is -4.21. The minimum absolute atomic E-state index is 0.0704. The van der Waals surface area contributed by atoms with Crippen molar-refractivity contribution in [1.29, 1.82) is 0 Å². The molecule has 0 aliphatic heterocycles. The molecule has 0 amide bonds. The molecule has 0 saturated carbocycles. The van der Waals surface area contributed by atoms with Crippen LogP contribution >= 0.6 is 0 Å². The van der Waals surface area contributed by atoms with E-state index in [4.69, 9.17) is 4.74 Å². The monoisotopic (exact) mass is 397 g/mol. The second-order valence-corrected chi connectivity index (χ2v) is 6.87. The first-order valence-electron chi connectivity index (χ1n) is 7.40. The van der Waals surface area contributed by atoms with Gasteiger partial charge in [0, 0.05) is 0 Å². The van der Waals surface area contributed by atoms with Crippen molar-refractivity contribution in [1.82, 2.24) is 0 Å². The Hall–Kier alpha value is -3.14. The van der Waals surface area contributed by atoms with Crippen LogP contribution in [0.15, 0.2) is 41.3 Å². The molecule has 27 heavy (non-hydrogen) atoms. The Balaban J connectivity index is 2.46. The normalized spacial score (nSPS) is 10.8. The molecule has 0 saturated heterocycles. The van der Waals surface area contributed by atoms with Gasteiger partial charge in [-0.1, -0.05) is 0 Å². The van der Waals surface area contributed by atoms with Crippen molar-refractivity contribution >= 4 is 27.6 Å². The third-order valence-corrected chi connectivity index (χ3v) is 4.84. The zero-order chi connectivity index (χ0) is 20.2. The van der Waals surface area contributed by atoms with Crippen molar-refractivity contribution < 1.29 is 36.6 Å². The molecule has 0 spiro atoms. The number of esters is 2. The SMILES string of the molecule is COC(=O)c1cc(NS(=O)(=O)c2ccc(OC)c(F)c2)cc(C(=O)OC)c1. The van der Waals surface area contributed by atoms with E-state index in [2.05, 4.69) is 14.2 Å². The average molecular weight is 397 g/mol. The standard InChI is InChI=1S/C17H16FNO7S/c1-24-15-5-4-13(9-14(15)18)27(22,23)19-12-7-10(16(20)25-2)6-11(8-12)17(21)26-3/h4-9,19H,1-3H3. The molecule has 0 unspecified atom stereocenters. The number of carbonyl (C=O) groups is 2. The van der Waals surface area contributed by atoms with E-state index in [1.165, 1.54) is 25.3 Å². The Bertz CT molecular complexity index is 955. The molecular weight excluding hydrogens is 381 g/mol. The largest absolute Gasteiger partial charge is 0.494 e. The van der Waals surface area contributed by atoms with Gasteiger partial charge in [0.1, 0.15) is 0 Å². The number of anilines is 1. The molecule has 2 aromatic rings. The van der Waals surface area contributed by atoms with Gasteiger partial charge in [0.05, 0.1) is 43.0 Å². The summed E-state index contributed by atoms with van der Waals surface area (Å²) in [5.41, 5.74) is -0.243. The van der Waals surface area contributed by atoms with Gasteiger partial charge in [-0.2, -0.15) is 0 Å². The van der Waals surface area contributed by atoms with Crippen LogP contribution in [0.2, 0.25) is 0 Å². The number of carbonyl (C=O) groups excluding carboxylic acids is 2. The van der Waals surface area contributed by atoms with Gasteiger partial charge in [0.25, 0.3) is 10.0 Å². The molecule has 1 N–H and O–H groups in total. The van der Waals surface area contributed by atoms with E-state index in [0.717, 1.165) is 32.4 Å². The molecule has 0 atom stereocenters. The van der Waals surface area contributed by atoms with Gasteiger partial charge in [-0.25, -0.2) is 22.4 Å². The highest BCUT2D eigenvalue weighted by Gasteiger charge is 2.20. The van der Waals surface area contributed by atoms with Crippen molar-refractivity contribution in [2.24, 2.45) is 0 Å². The smallest absolute Gasteiger partial charge is 0.337 e. The van der Waals surface area contributed by atoms with Crippen LogP contribution in [0.4, 0.5) is 10.1 Å². The van der Waals surface area contributed by atoms with Crippen molar-refractivity contribution in [3.8, 4) is 5.75 Å². The van der Waals surface area contributed by atoms with Gasteiger partial charge in [-0.15, -0.1) is 0 Å². The summed E-state index contributed by atoms with van der Waals surface area (Å²) in [7, 11) is -0.689. The fourth-order valence-electron chi connectivity index (χ4n) is 2.19. The maximum atomic E-state index is 13.8. The van der Waals surface area contributed by atoms with E-state index in [-0.39, 0.29) is 27.5 Å². The predicted molar refractivity (Wildman–Crippen MR) is 92.9 cm³/mol. The molecule has 10 heteroatoms. The number of methoxy groups -OCH3 is 3. The number of sulfonamides is 1. The van der Waals surface area contributed by atoms with E-state index in [1.807, 2.05) is 0 Å². The first-order valence-corrected chi connectivity index (χ1v) is 8.88. The number of hydrogen-bond donors (Lipinski definition) is 1. The van der Waals surface area contributed by atoms with Gasteiger partial charge in [-0.05, 0) is 36.4 Å². The number of hydrogen-bond acceptors (Lipinski definition) is 7. The van der Waals surface area contributed by atoms with Crippen LogP contribution in [0.25, 0.3) is 0 Å². The molecule has 0 bridgehead atoms. The number of nitrogens with one attached hydrogen (secondary N) is 1. The fraction of sp³-hybridized carbons (Fsp3) is 0.176. The summed E-state index contributed by atoms with van der Waals surface area (Å²) in [6, 6.07) is 6.64. The average Bonchev–Trinajstić information content (AvgIpc) is 2.65. The lowest BCUT2D eigenvalue weighted by Crippen LogP contribution is -2.15. The zero-order valence-electron chi connectivity index (χ0n) is 14.6. The summed E-state index contributed by atoms with van der Waals surface area (Å²) < 4.78 is 54.9. The Morgan fingerprint density at radius 3 is 1.93 bits per heavy atom. The van der Waals surface area contributed by atoms with E-state index in [1.54, 1.807) is 0 Å². The Kier molecular flexibility index (Phi) is 6.01. The van der Waals surface area contributed by atoms with Crippen LogP contribution in [-0.2, 0) is 19.5 Å². The van der Waals surface area contributed by atoms with Crippen molar-refractivity contribution in [3.63, 3.8) is 0 Å². The van der Waals surface area contributed by atoms with Gasteiger partial charge < -0.3 is 14.2 Å². The summed E-state index contributed by atoms with van der Waals surface area (Å²) in [5, 5.41) is 0. The van der Waals surface area contributed by atoms with Crippen LogP contribution < -0.4 is 9.46 Å². The highest BCUT2D eigenvalue weighted by Crippen LogP contribution is 2.24. The van der Waals surface area contributed by atoms with Crippen LogP contribution in [0.5, 0.6) is 5.75 Å². The van der Waals surface area contributed by atoms with Gasteiger partial charge in [-0.3, -0.25) is 4.72 Å². The van der Waals surface area contributed by atoms with Gasteiger partial charge in [0.15, 0.2) is 11.6 Å². The Labute approximate surface area is 154 Å². The van der Waals surface area contributed by atoms with Crippen LogP contribution in [0, 0.1) is 5.82 Å². The van der Waals surface area contributed by atoms with Crippen molar-refractivity contribution in [3.05, 3.63) is 53.3 Å². The summed E-state index contributed by atoms with van der Waals surface area (Å²) >= 11 is 0. The van der Waals surface area contributed by atoms with Gasteiger partial charge >= 0.3 is 11.9 Å². The van der Waals surface area contributed by atoms with Crippen LogP contribution in [-0.4, -0.2) is 41.7 Å². The molecule has 0 heterocycles. The van der Waals surface area contributed by atoms with E-state index < -0.39 is 27.8 Å². The first kappa shape index (κ1) is 20.2. The summed E-state index contributed by atoms with van der Waals surface area (Å²) in [6.07, 6.45) is 0. The van der Waals surface area contributed by atoms with Crippen molar-refractivity contribution in [2.75, 3.05) is 26.1 Å². The lowest BCUT2D eigenvalue weighted by atomic mass is 10.1. The van der Waals surface area contributed by atoms with E-state index in [0.29, 0.717) is 0 Å². The molecule has 0 radical (unpaired) electrons. The van der Waals surface area contributed by atoms with Crippen LogP contribution in [0.1, 0.15) is 20.7 Å². The minimum Gasteiger partial charge on any atom is -0.494 e. The first-order chi connectivity index (χ1) is 12.7. The predicted octanol–water partition coefficient (Wildman–Crippen LogP) is 2.21. The molecule has 2 aromatic carbocycles. The highest BCUT2D eigenvalue weighted by molar-refractivity contribution is 7.92. The maximum absolute atomic E-state index is 13.8. The molecular formula is C17H16FNO7S. The maximum Gasteiger partial charge on any atom is 0.337 e. The second kappa shape index (κ2) is 8.04. The highest BCUT2D eigenvalue weighted by atomic mass is 32.2. The number of ether oxygens (including phenoxy) is 3. The molecule has 144 valence electrons. The molecule has 0 aliphatic carbocycles. The number of rotatable bonds is 6. The Morgan fingerprint density at radius 1 is 0.926 bits per heavy atom. The second-order valence-electron chi connectivity index (χ2n) is 5.18. The summed E-state index contributed by atoms with van der Waals surface area (Å²) in [5.74, 6) is -2.54. The zero-order valence-corrected chi connectivity index (χ0v) is 15.4. The quantitative estimate of drug-likeness (QED) is 0.745. The molecule has 8 nitrogen and oxygen atoms in total. The number of halogens is 1. The van der Waals surface area contributed by atoms with E-state index in [9.17, 15) is 22.4 Å². The summed E-state index contributed by atoms with van der Waals surface area (Å²) in [4.78, 5) is 23.2. The number of benzene rings is 2. The topological polar surface area (TPSA) is 108 Å². The third kappa shape index (κ3) is 4.53. The van der Waals surface area contributed by atoms with Crippen LogP contribution in [0.3, 0.4) is 0 Å². The van der Waals surface area contributed by atoms with Crippen molar-refractivity contribution in [2.45, 2.75) is 4.90 Å². The lowest BCUT2D eigenvalue weighted by Gasteiger charge is -2.12.